The number of hydrogen-bond acceptors (Lipinski definition) is 5. The molecule has 0 aromatic rings. The molecule has 7 heteroatoms. The molecule has 0 spiro atoms. The van der Waals surface area contributed by atoms with Crippen LogP contribution in [0.2, 0.25) is 0 Å². The van der Waals surface area contributed by atoms with Crippen LogP contribution in [0.5, 0.6) is 0 Å². The van der Waals surface area contributed by atoms with Crippen molar-refractivity contribution in [2.75, 3.05) is 58.7 Å². The normalized spacial score (nSPS) is 20.2. The number of nitrogens with zero attached hydrogens (tertiary/aromatic N) is 2. The minimum atomic E-state index is -0.839. The summed E-state index contributed by atoms with van der Waals surface area (Å²) >= 11 is 1.82. The molecule has 1 fully saturated rings. The topological polar surface area (TPSA) is 69.1 Å². The molecule has 6 nitrogen and oxygen atoms in total. The summed E-state index contributed by atoms with van der Waals surface area (Å²) < 4.78 is 5.49. The van der Waals surface area contributed by atoms with Crippen LogP contribution in [-0.2, 0) is 4.74 Å². The molecule has 0 bridgehead atoms. The Bertz CT molecular complexity index is 369. The lowest BCUT2D eigenvalue weighted by Gasteiger charge is -2.33. The first kappa shape index (κ1) is 20.5. The van der Waals surface area contributed by atoms with Crippen molar-refractivity contribution in [2.45, 2.75) is 38.0 Å². The number of aliphatic imine (C=N–C) groups is 1. The highest BCUT2D eigenvalue weighted by Crippen LogP contribution is 2.19. The fraction of sp³-hybridized carbons (Fsp3) is 0.938. The predicted octanol–water partition coefficient (Wildman–Crippen LogP) is 0.766. The number of rotatable bonds is 8. The summed E-state index contributed by atoms with van der Waals surface area (Å²) in [7, 11) is 0. The molecule has 0 aromatic carbocycles. The first-order valence-corrected chi connectivity index (χ1v) is 9.60. The van der Waals surface area contributed by atoms with Gasteiger partial charge in [-0.05, 0) is 34.0 Å². The van der Waals surface area contributed by atoms with Crippen molar-refractivity contribution in [2.24, 2.45) is 4.99 Å². The Balaban J connectivity index is 2.52. The van der Waals surface area contributed by atoms with E-state index in [0.717, 1.165) is 45.4 Å². The van der Waals surface area contributed by atoms with E-state index in [-0.39, 0.29) is 4.75 Å². The summed E-state index contributed by atoms with van der Waals surface area (Å²) in [6.07, 6.45) is 2.11. The van der Waals surface area contributed by atoms with Gasteiger partial charge in [0.15, 0.2) is 5.96 Å². The molecule has 0 amide bonds. The Morgan fingerprint density at radius 2 is 1.91 bits per heavy atom. The molecular formula is C16H34N4O2S. The molecule has 1 aliphatic heterocycles. The lowest BCUT2D eigenvalue weighted by molar-refractivity contribution is -0.0179. The molecule has 1 atom stereocenters. The number of nitrogens with one attached hydrogen (secondary N) is 2. The third-order valence-corrected chi connectivity index (χ3v) is 5.07. The van der Waals surface area contributed by atoms with Crippen LogP contribution in [0.4, 0.5) is 0 Å². The Labute approximate surface area is 145 Å². The number of β-amino-alcohol motifs (C(OH)–C–C–N with tert-alkyl or cyclic N) is 1. The van der Waals surface area contributed by atoms with E-state index in [2.05, 4.69) is 40.6 Å². The summed E-state index contributed by atoms with van der Waals surface area (Å²) in [6.45, 7) is 14.1. The summed E-state index contributed by atoms with van der Waals surface area (Å²) in [5, 5.41) is 17.2. The SMILES string of the molecule is CCNC(=NCC(C)(O)CN1CCOCC1)NCC(C)(C)SC. The van der Waals surface area contributed by atoms with E-state index in [4.69, 9.17) is 4.74 Å². The van der Waals surface area contributed by atoms with Gasteiger partial charge >= 0.3 is 0 Å². The van der Waals surface area contributed by atoms with Gasteiger partial charge in [0.2, 0.25) is 0 Å². The van der Waals surface area contributed by atoms with Crippen LogP contribution < -0.4 is 10.6 Å². The van der Waals surface area contributed by atoms with Gasteiger partial charge in [-0.25, -0.2) is 0 Å². The van der Waals surface area contributed by atoms with Crippen LogP contribution in [0, 0.1) is 0 Å². The maximum atomic E-state index is 10.6. The van der Waals surface area contributed by atoms with Gasteiger partial charge in [-0.1, -0.05) is 0 Å². The van der Waals surface area contributed by atoms with Gasteiger partial charge in [0.25, 0.3) is 0 Å². The molecule has 23 heavy (non-hydrogen) atoms. The Morgan fingerprint density at radius 1 is 1.26 bits per heavy atom. The third-order valence-electron chi connectivity index (χ3n) is 3.82. The Hall–Kier alpha value is -0.500. The summed E-state index contributed by atoms with van der Waals surface area (Å²) in [5.74, 6) is 0.761. The second-order valence-electron chi connectivity index (χ2n) is 6.90. The van der Waals surface area contributed by atoms with Crippen LogP contribution >= 0.6 is 11.8 Å². The van der Waals surface area contributed by atoms with E-state index in [1.54, 1.807) is 0 Å². The smallest absolute Gasteiger partial charge is 0.191 e. The van der Waals surface area contributed by atoms with E-state index in [0.29, 0.717) is 13.1 Å². The van der Waals surface area contributed by atoms with Gasteiger partial charge in [-0.3, -0.25) is 9.89 Å². The standard InChI is InChI=1S/C16H34N4O2S/c1-6-17-14(18-11-15(2,3)23-5)19-12-16(4,21)13-20-7-9-22-10-8-20/h21H,6-13H2,1-5H3,(H2,17,18,19). The fourth-order valence-electron chi connectivity index (χ4n) is 2.25. The molecule has 136 valence electrons. The number of hydrogen-bond donors (Lipinski definition) is 3. The molecule has 1 aliphatic rings. The van der Waals surface area contributed by atoms with Gasteiger partial charge in [-0.15, -0.1) is 0 Å². The van der Waals surface area contributed by atoms with Crippen molar-refractivity contribution < 1.29 is 9.84 Å². The quantitative estimate of drug-likeness (QED) is 0.445. The minimum Gasteiger partial charge on any atom is -0.387 e. The zero-order valence-corrected chi connectivity index (χ0v) is 16.1. The first-order valence-electron chi connectivity index (χ1n) is 8.38. The second kappa shape index (κ2) is 9.71. The average Bonchev–Trinajstić information content (AvgIpc) is 2.51. The maximum Gasteiger partial charge on any atom is 0.191 e. The highest BCUT2D eigenvalue weighted by molar-refractivity contribution is 7.99. The molecular weight excluding hydrogens is 312 g/mol. The van der Waals surface area contributed by atoms with Crippen molar-refractivity contribution in [3.63, 3.8) is 0 Å². The van der Waals surface area contributed by atoms with Gasteiger partial charge in [-0.2, -0.15) is 11.8 Å². The summed E-state index contributed by atoms with van der Waals surface area (Å²) in [4.78, 5) is 6.80. The van der Waals surface area contributed by atoms with E-state index < -0.39 is 5.60 Å². The van der Waals surface area contributed by atoms with Crippen LogP contribution in [0.3, 0.4) is 0 Å². The Morgan fingerprint density at radius 3 is 2.48 bits per heavy atom. The van der Waals surface area contributed by atoms with Crippen LogP contribution in [-0.4, -0.2) is 85.1 Å². The van der Waals surface area contributed by atoms with Gasteiger partial charge in [0, 0.05) is 37.5 Å². The molecule has 1 saturated heterocycles. The van der Waals surface area contributed by atoms with Crippen molar-refractivity contribution in [1.29, 1.82) is 0 Å². The lowest BCUT2D eigenvalue weighted by atomic mass is 10.1. The summed E-state index contributed by atoms with van der Waals surface area (Å²) in [6, 6.07) is 0. The fourth-order valence-corrected chi connectivity index (χ4v) is 2.47. The molecule has 0 aliphatic carbocycles. The van der Waals surface area contributed by atoms with Crippen LogP contribution in [0.1, 0.15) is 27.7 Å². The predicted molar refractivity (Wildman–Crippen MR) is 99.5 cm³/mol. The van der Waals surface area contributed by atoms with E-state index in [1.165, 1.54) is 0 Å². The van der Waals surface area contributed by atoms with Crippen molar-refractivity contribution in [3.8, 4) is 0 Å². The molecule has 1 unspecified atom stereocenters. The molecule has 0 saturated carbocycles. The molecule has 0 aromatic heterocycles. The van der Waals surface area contributed by atoms with Gasteiger partial charge in [0.1, 0.15) is 0 Å². The molecule has 1 heterocycles. The monoisotopic (exact) mass is 346 g/mol. The largest absolute Gasteiger partial charge is 0.387 e. The lowest BCUT2D eigenvalue weighted by Crippen LogP contribution is -2.48. The second-order valence-corrected chi connectivity index (χ2v) is 8.41. The van der Waals surface area contributed by atoms with Gasteiger partial charge in [0.05, 0.1) is 25.4 Å². The van der Waals surface area contributed by atoms with Crippen molar-refractivity contribution in [3.05, 3.63) is 0 Å². The number of thioether (sulfide) groups is 1. The number of morpholine rings is 1. The molecule has 3 N–H and O–H groups in total. The highest BCUT2D eigenvalue weighted by Gasteiger charge is 2.25. The van der Waals surface area contributed by atoms with E-state index >= 15 is 0 Å². The zero-order chi connectivity index (χ0) is 17.3. The van der Waals surface area contributed by atoms with E-state index in [9.17, 15) is 5.11 Å². The molecule has 1 rings (SSSR count). The Kier molecular flexibility index (Phi) is 8.68. The third kappa shape index (κ3) is 8.79. The first-order chi connectivity index (χ1) is 10.8. The van der Waals surface area contributed by atoms with Crippen molar-refractivity contribution >= 4 is 17.7 Å². The summed E-state index contributed by atoms with van der Waals surface area (Å²) in [5.41, 5.74) is -0.839. The maximum absolute atomic E-state index is 10.6. The zero-order valence-electron chi connectivity index (χ0n) is 15.3. The molecule has 0 radical (unpaired) electrons. The van der Waals surface area contributed by atoms with Crippen LogP contribution in [0.25, 0.3) is 0 Å². The minimum absolute atomic E-state index is 0.145. The highest BCUT2D eigenvalue weighted by atomic mass is 32.2. The number of guanidine groups is 1. The van der Waals surface area contributed by atoms with Gasteiger partial charge < -0.3 is 20.5 Å². The number of aliphatic hydroxyl groups is 1. The average molecular weight is 347 g/mol. The van der Waals surface area contributed by atoms with Crippen LogP contribution in [0.15, 0.2) is 4.99 Å². The van der Waals surface area contributed by atoms with E-state index in [1.807, 2.05) is 25.6 Å². The number of ether oxygens (including phenoxy) is 1. The van der Waals surface area contributed by atoms with Crippen molar-refractivity contribution in [1.82, 2.24) is 15.5 Å².